The molecule has 1 saturated heterocycles. The Labute approximate surface area is 269 Å². The molecule has 56 valence electrons. The molecule has 1 fully saturated rings. The Bertz CT molecular complexity index is 36.2. The van der Waals surface area contributed by atoms with Crippen LogP contribution in [0.2, 0.25) is 0 Å². The zero-order chi connectivity index (χ0) is 2.99. The molecule has 0 amide bonds. The summed E-state index contributed by atoms with van der Waals surface area (Å²) >= 11 is 4.51. The Morgan fingerprint density at radius 3 is 0.833 bits per heavy atom. The van der Waals surface area contributed by atoms with Gasteiger partial charge in [0, 0.05) is 256 Å². The van der Waals surface area contributed by atoms with Crippen LogP contribution in [0.15, 0.2) is 0 Å². The summed E-state index contributed by atoms with van der Waals surface area (Å²) in [5, 5.41) is 0. The second-order valence-corrected chi connectivity index (χ2v) is 1.29. The van der Waals surface area contributed by atoms with Gasteiger partial charge in [0.15, 0.2) is 0 Å². The van der Waals surface area contributed by atoms with E-state index in [1.54, 1.807) is 0 Å². The van der Waals surface area contributed by atoms with Gasteiger partial charge in [-0.25, -0.2) is 0 Å². The average molecular weight is 1980 g/mol. The SMILES string of the molecule is [S-]C1CO1.[U].[U].[U].[U].[U].[U].[U].[U]. The van der Waals surface area contributed by atoms with Crippen molar-refractivity contribution in [3.63, 3.8) is 0 Å². The molecule has 0 bridgehead atoms. The minimum atomic E-state index is 0. The molecule has 1 atom stereocenters. The summed E-state index contributed by atoms with van der Waals surface area (Å²) in [5.74, 6) is 0. The molecule has 0 aromatic heterocycles. The van der Waals surface area contributed by atoms with Crippen molar-refractivity contribution < 1.29 is 254 Å². The Morgan fingerprint density at radius 2 is 0.833 bits per heavy atom. The van der Waals surface area contributed by atoms with Crippen molar-refractivity contribution in [1.29, 1.82) is 0 Å². The fraction of sp³-hybridized carbons (Fsp3) is 1.00. The number of ether oxygens (including phenoxy) is 1. The number of rotatable bonds is 0. The van der Waals surface area contributed by atoms with E-state index in [0.717, 1.165) is 6.61 Å². The van der Waals surface area contributed by atoms with Crippen molar-refractivity contribution in [3.05, 3.63) is 0 Å². The molecular weight excluding hydrogens is 1980 g/mol. The zero-order valence-electron chi connectivity index (χ0n) is 6.10. The second-order valence-electron chi connectivity index (χ2n) is 0.763. The molecule has 0 aromatic rings. The Hall–Kier alpha value is 8.73. The first kappa shape index (κ1) is 49.8. The van der Waals surface area contributed by atoms with Gasteiger partial charge in [-0.15, -0.1) is 0 Å². The summed E-state index contributed by atoms with van der Waals surface area (Å²) in [5.41, 5.74) is 0.167. The van der Waals surface area contributed by atoms with E-state index in [4.69, 9.17) is 0 Å². The molecule has 10 heteroatoms. The molecule has 12 heavy (non-hydrogen) atoms. The van der Waals surface area contributed by atoms with Gasteiger partial charge in [-0.2, -0.15) is 0 Å². The van der Waals surface area contributed by atoms with Gasteiger partial charge >= 0.3 is 0 Å². The van der Waals surface area contributed by atoms with Gasteiger partial charge in [-0.1, -0.05) is 0 Å². The van der Waals surface area contributed by atoms with Crippen molar-refractivity contribution in [2.24, 2.45) is 0 Å². The largest absolute Gasteiger partial charge is 0.759 e. The van der Waals surface area contributed by atoms with E-state index in [0.29, 0.717) is 0 Å². The topological polar surface area (TPSA) is 12.5 Å². The van der Waals surface area contributed by atoms with Crippen LogP contribution in [-0.4, -0.2) is 12.0 Å². The van der Waals surface area contributed by atoms with Crippen LogP contribution in [-0.2, 0) is 17.4 Å². The molecule has 1 rings (SSSR count). The number of hydrogen-bond donors (Lipinski definition) is 0. The van der Waals surface area contributed by atoms with Crippen LogP contribution in [0.4, 0.5) is 0 Å². The van der Waals surface area contributed by atoms with Crippen molar-refractivity contribution >= 4 is 12.6 Å². The molecule has 0 aliphatic carbocycles. The van der Waals surface area contributed by atoms with E-state index in [1.165, 1.54) is 0 Å². The molecule has 1 aliphatic rings. The Morgan fingerprint density at radius 1 is 0.750 bits per heavy atom. The van der Waals surface area contributed by atoms with Crippen LogP contribution in [0.1, 0.15) is 0 Å². The van der Waals surface area contributed by atoms with E-state index >= 15 is 0 Å². The van der Waals surface area contributed by atoms with Crippen molar-refractivity contribution in [1.82, 2.24) is 0 Å². The predicted octanol–water partition coefficient (Wildman–Crippen LogP) is -0.110. The summed E-state index contributed by atoms with van der Waals surface area (Å²) in [6.45, 7) is 0.801. The standard InChI is InChI=1S/C2H4OS.8U/c4-2-1-3-2;;;;;;;;/h2,4H,1H2;;;;;;;;/p-1. The molecular formula is C2H3OSU8-. The van der Waals surface area contributed by atoms with Gasteiger partial charge in [0.2, 0.25) is 0 Å². The van der Waals surface area contributed by atoms with Gasteiger partial charge in [0.1, 0.15) is 0 Å². The minimum Gasteiger partial charge on any atom is -0.759 e. The number of epoxide rings is 1. The van der Waals surface area contributed by atoms with Gasteiger partial charge in [-0.05, 0) is 5.44 Å². The first-order chi connectivity index (χ1) is 1.89. The third-order valence-electron chi connectivity index (χ3n) is 0.303. The molecule has 1 unspecified atom stereocenters. The van der Waals surface area contributed by atoms with E-state index in [2.05, 4.69) is 17.4 Å². The van der Waals surface area contributed by atoms with Crippen molar-refractivity contribution in [3.8, 4) is 0 Å². The summed E-state index contributed by atoms with van der Waals surface area (Å²) in [4.78, 5) is 0. The zero-order valence-corrected chi connectivity index (χ0v) is 40.2. The van der Waals surface area contributed by atoms with Crippen LogP contribution in [0.25, 0.3) is 0 Å². The quantitative estimate of drug-likeness (QED) is 0.249. The van der Waals surface area contributed by atoms with Crippen LogP contribution in [0, 0.1) is 249 Å². The van der Waals surface area contributed by atoms with Crippen molar-refractivity contribution in [2.75, 3.05) is 6.61 Å². The van der Waals surface area contributed by atoms with Crippen LogP contribution in [0.5, 0.6) is 0 Å². The smallest absolute Gasteiger partial charge is 0.0481 e. The molecule has 0 saturated carbocycles. The molecule has 0 N–H and O–H groups in total. The van der Waals surface area contributed by atoms with Crippen molar-refractivity contribution in [2.45, 2.75) is 5.44 Å². The Balaban J connectivity index is -0.00000000333. The molecule has 0 radical (unpaired) electrons. The minimum absolute atomic E-state index is 0. The Kier molecular flexibility index (Phi) is 152. The van der Waals surface area contributed by atoms with E-state index in [1.807, 2.05) is 0 Å². The molecule has 1 heterocycles. The summed E-state index contributed by atoms with van der Waals surface area (Å²) in [6.07, 6.45) is 0. The average Bonchev–Trinajstić information content (AvgIpc) is 1.75. The van der Waals surface area contributed by atoms with Gasteiger partial charge < -0.3 is 17.4 Å². The number of hydrogen-bond acceptors (Lipinski definition) is 2. The summed E-state index contributed by atoms with van der Waals surface area (Å²) in [6, 6.07) is 0. The van der Waals surface area contributed by atoms with Gasteiger partial charge in [0.25, 0.3) is 0 Å². The second kappa shape index (κ2) is 36.7. The summed E-state index contributed by atoms with van der Waals surface area (Å²) in [7, 11) is 0. The van der Waals surface area contributed by atoms with Gasteiger partial charge in [0.05, 0.1) is 0 Å². The van der Waals surface area contributed by atoms with Crippen LogP contribution >= 0.6 is 0 Å². The van der Waals surface area contributed by atoms with Crippen LogP contribution < -0.4 is 0 Å². The molecule has 0 aromatic carbocycles. The third kappa shape index (κ3) is 42.8. The monoisotopic (exact) mass is 1980 g/mol. The normalized spacial score (nSPS) is 13.2. The fourth-order valence-corrected chi connectivity index (χ4v) is 0.118. The first-order valence-electron chi connectivity index (χ1n) is 1.17. The van der Waals surface area contributed by atoms with E-state index in [-0.39, 0.29) is 254 Å². The molecule has 1 nitrogen and oxygen atoms in total. The maximum Gasteiger partial charge on any atom is 0.0481 e. The molecule has 0 spiro atoms. The summed E-state index contributed by atoms with van der Waals surface area (Å²) < 4.78 is 4.52. The van der Waals surface area contributed by atoms with Gasteiger partial charge in [-0.3, -0.25) is 0 Å². The fourth-order valence-electron chi connectivity index (χ4n) is 0.0393. The maximum atomic E-state index is 4.52. The van der Waals surface area contributed by atoms with Crippen LogP contribution in [0.3, 0.4) is 0 Å². The molecule has 1 aliphatic heterocycles. The maximum absolute atomic E-state index is 4.52. The predicted molar refractivity (Wildman–Crippen MR) is 17.1 cm³/mol. The third-order valence-corrected chi connectivity index (χ3v) is 0.575. The van der Waals surface area contributed by atoms with E-state index < -0.39 is 0 Å². The first-order valence-corrected chi connectivity index (χ1v) is 1.64. The van der Waals surface area contributed by atoms with E-state index in [9.17, 15) is 0 Å².